The van der Waals surface area contributed by atoms with Crippen molar-refractivity contribution in [3.8, 4) is 0 Å². The molecule has 0 bridgehead atoms. The van der Waals surface area contributed by atoms with Gasteiger partial charge in [0.25, 0.3) is 0 Å². The minimum Gasteiger partial charge on any atom is -0.354 e. The third-order valence-corrected chi connectivity index (χ3v) is 9.14. The zero-order valence-corrected chi connectivity index (χ0v) is 27.1. The molecule has 1 aromatic heterocycles. The van der Waals surface area contributed by atoms with E-state index in [2.05, 4.69) is 107 Å². The van der Waals surface area contributed by atoms with E-state index in [0.29, 0.717) is 12.0 Å². The summed E-state index contributed by atoms with van der Waals surface area (Å²) in [5, 5.41) is 0. The Morgan fingerprint density at radius 1 is 0.976 bits per heavy atom. The SMILES string of the molecule is C=C(C)/C(CN1CCC(CC)c2ccc(C)nc21)=C(\N=C(/C)c1c(CC)cccc1CC)N1CCN(C(C)C)CC1. The van der Waals surface area contributed by atoms with Crippen LogP contribution in [0, 0.1) is 6.92 Å². The number of benzene rings is 1. The highest BCUT2D eigenvalue weighted by Crippen LogP contribution is 2.37. The molecule has 0 saturated carbocycles. The summed E-state index contributed by atoms with van der Waals surface area (Å²) >= 11 is 0. The quantitative estimate of drug-likeness (QED) is 0.224. The first-order valence-electron chi connectivity index (χ1n) is 15.9. The Balaban J connectivity index is 1.83. The van der Waals surface area contributed by atoms with Crippen LogP contribution < -0.4 is 4.90 Å². The largest absolute Gasteiger partial charge is 0.354 e. The Kier molecular flexibility index (Phi) is 10.5. The molecule has 5 heteroatoms. The maximum absolute atomic E-state index is 5.55. The molecule has 0 radical (unpaired) electrons. The predicted octanol–water partition coefficient (Wildman–Crippen LogP) is 7.54. The summed E-state index contributed by atoms with van der Waals surface area (Å²) in [7, 11) is 0. The van der Waals surface area contributed by atoms with Crippen molar-refractivity contribution in [1.82, 2.24) is 14.8 Å². The highest BCUT2D eigenvalue weighted by Gasteiger charge is 2.29. The number of aromatic nitrogens is 1. The van der Waals surface area contributed by atoms with E-state index in [4.69, 9.17) is 9.98 Å². The van der Waals surface area contributed by atoms with Gasteiger partial charge in [-0.15, -0.1) is 0 Å². The first-order chi connectivity index (χ1) is 19.7. The van der Waals surface area contributed by atoms with Crippen LogP contribution in [0.3, 0.4) is 0 Å². The first kappa shape index (κ1) is 31.0. The Morgan fingerprint density at radius 2 is 1.63 bits per heavy atom. The molecule has 3 heterocycles. The second-order valence-corrected chi connectivity index (χ2v) is 12.2. The molecule has 4 rings (SSSR count). The number of aliphatic imine (C=N–C) groups is 1. The molecular weight excluding hydrogens is 502 g/mol. The third-order valence-electron chi connectivity index (χ3n) is 9.14. The molecule has 1 aromatic carbocycles. The van der Waals surface area contributed by atoms with E-state index in [1.54, 1.807) is 0 Å². The smallest absolute Gasteiger partial charge is 0.134 e. The number of anilines is 1. The summed E-state index contributed by atoms with van der Waals surface area (Å²) in [5.41, 5.74) is 9.98. The molecule has 0 amide bonds. The molecule has 222 valence electrons. The third kappa shape index (κ3) is 6.94. The van der Waals surface area contributed by atoms with Gasteiger partial charge in [0.2, 0.25) is 0 Å². The molecule has 0 N–H and O–H groups in total. The molecule has 2 aromatic rings. The monoisotopic (exact) mass is 555 g/mol. The summed E-state index contributed by atoms with van der Waals surface area (Å²) in [6.07, 6.45) is 4.32. The summed E-state index contributed by atoms with van der Waals surface area (Å²) in [6, 6.07) is 11.8. The number of piperazine rings is 1. The topological polar surface area (TPSA) is 35.0 Å². The maximum Gasteiger partial charge on any atom is 0.134 e. The number of fused-ring (bicyclic) bond motifs is 1. The fraction of sp³-hybridized carbons (Fsp3) is 0.556. The first-order valence-corrected chi connectivity index (χ1v) is 15.9. The molecule has 1 saturated heterocycles. The molecule has 5 nitrogen and oxygen atoms in total. The van der Waals surface area contributed by atoms with Crippen molar-refractivity contribution in [2.75, 3.05) is 44.2 Å². The number of pyridine rings is 1. The molecule has 2 aliphatic rings. The standard InChI is InChI=1S/C36H53N5/c1-10-29-18-19-41(35-32(29)17-16-27(8)37-35)24-33(25(4)5)36(40-22-20-39(21-23-40)26(6)7)38-28(9)34-30(11-2)14-13-15-31(34)12-3/h13-17,26,29H,4,10-12,18-24H2,1-3,5-9H3/b36-33+,38-28+. The summed E-state index contributed by atoms with van der Waals surface area (Å²) in [6.45, 7) is 28.2. The lowest BCUT2D eigenvalue weighted by molar-refractivity contribution is 0.128. The Labute approximate surface area is 250 Å². The number of aryl methyl sites for hydroxylation is 3. The van der Waals surface area contributed by atoms with Crippen LogP contribution in [-0.2, 0) is 12.8 Å². The molecule has 41 heavy (non-hydrogen) atoms. The van der Waals surface area contributed by atoms with Crippen molar-refractivity contribution >= 4 is 11.5 Å². The van der Waals surface area contributed by atoms with Crippen molar-refractivity contribution < 1.29 is 0 Å². The van der Waals surface area contributed by atoms with Crippen LogP contribution in [-0.4, -0.2) is 65.8 Å². The second kappa shape index (κ2) is 13.8. The van der Waals surface area contributed by atoms with Gasteiger partial charge in [-0.05, 0) is 94.5 Å². The molecule has 1 fully saturated rings. The summed E-state index contributed by atoms with van der Waals surface area (Å²) < 4.78 is 0. The molecule has 1 unspecified atom stereocenters. The zero-order chi connectivity index (χ0) is 29.7. The Hall–Kier alpha value is -2.92. The molecule has 2 aliphatic heterocycles. The van der Waals surface area contributed by atoms with E-state index in [0.717, 1.165) is 93.6 Å². The Bertz CT molecular complexity index is 1260. The van der Waals surface area contributed by atoms with Crippen LogP contribution in [0.15, 0.2) is 58.9 Å². The van der Waals surface area contributed by atoms with Gasteiger partial charge in [0, 0.05) is 67.9 Å². The lowest BCUT2D eigenvalue weighted by Crippen LogP contribution is -2.48. The highest BCUT2D eigenvalue weighted by molar-refractivity contribution is 6.02. The normalized spacial score (nSPS) is 19.0. The van der Waals surface area contributed by atoms with E-state index in [1.165, 1.54) is 27.8 Å². The molecule has 1 atom stereocenters. The molecule has 0 spiro atoms. The van der Waals surface area contributed by atoms with Crippen molar-refractivity contribution in [3.63, 3.8) is 0 Å². The number of hydrogen-bond acceptors (Lipinski definition) is 5. The van der Waals surface area contributed by atoms with Crippen LogP contribution in [0.1, 0.15) is 95.2 Å². The van der Waals surface area contributed by atoms with Crippen molar-refractivity contribution in [2.24, 2.45) is 4.99 Å². The van der Waals surface area contributed by atoms with Gasteiger partial charge < -0.3 is 9.80 Å². The summed E-state index contributed by atoms with van der Waals surface area (Å²) in [4.78, 5) is 18.2. The Morgan fingerprint density at radius 3 is 2.20 bits per heavy atom. The van der Waals surface area contributed by atoms with Gasteiger partial charge in [0.05, 0.1) is 0 Å². The fourth-order valence-corrected chi connectivity index (χ4v) is 6.57. The van der Waals surface area contributed by atoms with Gasteiger partial charge >= 0.3 is 0 Å². The number of rotatable bonds is 10. The lowest BCUT2D eigenvalue weighted by atomic mass is 9.89. The van der Waals surface area contributed by atoms with E-state index < -0.39 is 0 Å². The molecule has 0 aliphatic carbocycles. The van der Waals surface area contributed by atoms with Gasteiger partial charge in [0.15, 0.2) is 0 Å². The van der Waals surface area contributed by atoms with Crippen molar-refractivity contribution in [2.45, 2.75) is 93.0 Å². The van der Waals surface area contributed by atoms with Gasteiger partial charge in [-0.2, -0.15) is 0 Å². The fourth-order valence-electron chi connectivity index (χ4n) is 6.57. The van der Waals surface area contributed by atoms with Crippen molar-refractivity contribution in [1.29, 1.82) is 0 Å². The van der Waals surface area contributed by atoms with Crippen LogP contribution in [0.4, 0.5) is 5.82 Å². The minimum atomic E-state index is 0.560. The van der Waals surface area contributed by atoms with Crippen LogP contribution in [0.25, 0.3) is 0 Å². The van der Waals surface area contributed by atoms with Gasteiger partial charge in [-0.25, -0.2) is 9.98 Å². The average Bonchev–Trinajstić information content (AvgIpc) is 2.98. The van der Waals surface area contributed by atoms with Gasteiger partial charge in [-0.1, -0.05) is 51.6 Å². The second-order valence-electron chi connectivity index (χ2n) is 12.2. The lowest BCUT2D eigenvalue weighted by Gasteiger charge is -2.40. The van der Waals surface area contributed by atoms with Crippen LogP contribution >= 0.6 is 0 Å². The van der Waals surface area contributed by atoms with E-state index >= 15 is 0 Å². The maximum atomic E-state index is 5.55. The number of hydrogen-bond donors (Lipinski definition) is 0. The van der Waals surface area contributed by atoms with E-state index in [1.807, 2.05) is 0 Å². The van der Waals surface area contributed by atoms with Crippen molar-refractivity contribution in [3.05, 3.63) is 81.8 Å². The predicted molar refractivity (Wildman–Crippen MR) is 176 cm³/mol. The molecular formula is C36H53N5. The zero-order valence-electron chi connectivity index (χ0n) is 27.1. The number of nitrogens with zero attached hydrogens (tertiary/aromatic N) is 5. The van der Waals surface area contributed by atoms with Crippen LogP contribution in [0.2, 0.25) is 0 Å². The van der Waals surface area contributed by atoms with E-state index in [9.17, 15) is 0 Å². The van der Waals surface area contributed by atoms with Gasteiger partial charge in [0.1, 0.15) is 11.6 Å². The van der Waals surface area contributed by atoms with Crippen LogP contribution in [0.5, 0.6) is 0 Å². The highest BCUT2D eigenvalue weighted by atomic mass is 15.3. The average molecular weight is 556 g/mol. The van der Waals surface area contributed by atoms with Gasteiger partial charge in [-0.3, -0.25) is 4.90 Å². The minimum absolute atomic E-state index is 0.560. The van der Waals surface area contributed by atoms with E-state index in [-0.39, 0.29) is 0 Å². The summed E-state index contributed by atoms with van der Waals surface area (Å²) in [5.74, 6) is 2.82.